The number of ether oxygens (including phenoxy) is 1. The summed E-state index contributed by atoms with van der Waals surface area (Å²) < 4.78 is 42.5. The van der Waals surface area contributed by atoms with Crippen molar-refractivity contribution in [1.29, 1.82) is 0 Å². The molecule has 3 unspecified atom stereocenters. The Balaban J connectivity index is 0.980. The quantitative estimate of drug-likeness (QED) is 0.101. The summed E-state index contributed by atoms with van der Waals surface area (Å²) in [5.41, 5.74) is 1.02. The van der Waals surface area contributed by atoms with E-state index >= 15 is 4.39 Å². The highest BCUT2D eigenvalue weighted by Gasteiger charge is 2.58. The molecule has 1 saturated carbocycles. The Labute approximate surface area is 347 Å². The zero-order valence-electron chi connectivity index (χ0n) is 33.4. The molecule has 2 aromatic heterocycles. The average Bonchev–Trinajstić information content (AvgIpc) is 3.53. The third-order valence-corrected chi connectivity index (χ3v) is 15.5. The number of nitrogens with zero attached hydrogens (tertiary/aromatic N) is 3. The average molecular weight is 844 g/mol. The molecule has 4 aromatic rings. The van der Waals surface area contributed by atoms with Crippen molar-refractivity contribution in [2.75, 3.05) is 13.2 Å². The normalized spacial score (nSPS) is 24.4. The molecule has 8 rings (SSSR count). The number of aromatic nitrogens is 1. The summed E-state index contributed by atoms with van der Waals surface area (Å²) in [6.07, 6.45) is 11.4. The fourth-order valence-electron chi connectivity index (χ4n) is 9.09. The Bertz CT molecular complexity index is 2240. The summed E-state index contributed by atoms with van der Waals surface area (Å²) in [6.45, 7) is 4.07. The van der Waals surface area contributed by atoms with Crippen molar-refractivity contribution in [3.8, 4) is 5.75 Å². The number of halogens is 1. The van der Waals surface area contributed by atoms with E-state index in [0.717, 1.165) is 50.5 Å². The van der Waals surface area contributed by atoms with Crippen molar-refractivity contribution < 1.29 is 37.4 Å². The SMILES string of the molecule is CCCOC(=O)[C@H](C)NP(=O)(Oc1ccccc1)C(F)c1ccc2sc(C(=O)N[C@H]3CCCC[C@H]4CC[C@@H](C(=O)N5CC(c6cccnc6)CC56CC6)N4C3=O)cc2c1. The van der Waals surface area contributed by atoms with Crippen LogP contribution in [0.15, 0.2) is 79.1 Å². The van der Waals surface area contributed by atoms with Crippen LogP contribution < -0.4 is 14.9 Å². The molecule has 312 valence electrons. The Hall–Kier alpha value is -4.65. The minimum atomic E-state index is -4.44. The maximum atomic E-state index is 16.5. The fraction of sp³-hybridized carbons (Fsp3) is 0.477. The molecular formula is C44H51FN5O7PS. The lowest BCUT2D eigenvalue weighted by atomic mass is 9.97. The summed E-state index contributed by atoms with van der Waals surface area (Å²) >= 11 is 1.20. The van der Waals surface area contributed by atoms with E-state index in [9.17, 15) is 23.7 Å². The number of carbonyl (C=O) groups is 4. The first-order chi connectivity index (χ1) is 28.5. The summed E-state index contributed by atoms with van der Waals surface area (Å²) in [5, 5.41) is 6.14. The van der Waals surface area contributed by atoms with Crippen LogP contribution in [0, 0.1) is 0 Å². The number of fused-ring (bicyclic) bond motifs is 2. The van der Waals surface area contributed by atoms with Crippen LogP contribution in [0.3, 0.4) is 0 Å². The van der Waals surface area contributed by atoms with E-state index in [1.165, 1.54) is 30.4 Å². The highest BCUT2D eigenvalue weighted by atomic mass is 32.1. The molecule has 0 bridgehead atoms. The van der Waals surface area contributed by atoms with Gasteiger partial charge in [0.1, 0.15) is 23.9 Å². The van der Waals surface area contributed by atoms with Crippen LogP contribution in [-0.4, -0.2) is 81.3 Å². The van der Waals surface area contributed by atoms with Gasteiger partial charge in [0.05, 0.1) is 11.5 Å². The number of carbonyl (C=O) groups excluding carboxylic acids is 4. The third kappa shape index (κ3) is 8.54. The van der Waals surface area contributed by atoms with Crippen molar-refractivity contribution in [2.45, 2.75) is 120 Å². The van der Waals surface area contributed by atoms with Crippen LogP contribution in [0.5, 0.6) is 5.75 Å². The second-order valence-electron chi connectivity index (χ2n) is 16.4. The highest BCUT2D eigenvalue weighted by Crippen LogP contribution is 2.58. The van der Waals surface area contributed by atoms with Gasteiger partial charge in [0.15, 0.2) is 0 Å². The number of alkyl halides is 1. The summed E-state index contributed by atoms with van der Waals surface area (Å²) in [6, 6.07) is 15.9. The van der Waals surface area contributed by atoms with Gasteiger partial charge in [-0.25, -0.2) is 9.48 Å². The minimum Gasteiger partial charge on any atom is -0.465 e. The zero-order valence-corrected chi connectivity index (χ0v) is 35.1. The number of esters is 1. The van der Waals surface area contributed by atoms with Gasteiger partial charge in [-0.3, -0.25) is 28.7 Å². The van der Waals surface area contributed by atoms with Crippen molar-refractivity contribution in [3.63, 3.8) is 0 Å². The van der Waals surface area contributed by atoms with Crippen molar-refractivity contribution in [1.82, 2.24) is 25.2 Å². The molecule has 5 heterocycles. The van der Waals surface area contributed by atoms with Crippen molar-refractivity contribution >= 4 is 52.6 Å². The minimum absolute atomic E-state index is 0.0154. The summed E-state index contributed by atoms with van der Waals surface area (Å²) in [4.78, 5) is 63.9. The molecule has 59 heavy (non-hydrogen) atoms. The number of thiophene rings is 1. The Kier molecular flexibility index (Phi) is 11.9. The number of benzene rings is 2. The fourth-order valence-corrected chi connectivity index (χ4v) is 11.9. The molecule has 2 aromatic carbocycles. The number of rotatable bonds is 13. The van der Waals surface area contributed by atoms with E-state index in [-0.39, 0.29) is 47.2 Å². The number of para-hydroxylation sites is 1. The van der Waals surface area contributed by atoms with Gasteiger partial charge in [-0.05, 0) is 111 Å². The van der Waals surface area contributed by atoms with E-state index < -0.39 is 43.4 Å². The van der Waals surface area contributed by atoms with Gasteiger partial charge in [0.2, 0.25) is 17.7 Å². The van der Waals surface area contributed by atoms with Gasteiger partial charge < -0.3 is 24.4 Å². The standard InChI is InChI=1S/C44H51FN5O7PS/c1-3-22-56-43(54)28(2)48-58(55,57-34-12-5-4-6-13-34)39(45)29-15-18-37-31(23-29)24-38(59-37)40(51)47-35-14-8-7-11-33-16-17-36(50(33)41(35)52)42(53)49-27-32(25-44(49)19-20-44)30-10-9-21-46-26-30/h4-6,9-10,12-13,15,18,21,23-24,26,28,32-33,35-36,39H,3,7-8,11,14,16-17,19-20,22,25,27H2,1-2H3,(H,47,51)(H,48,55)/t28-,32?,33-,35-,36-,39?,58?/m0/s1. The Morgan fingerprint density at radius 2 is 1.83 bits per heavy atom. The van der Waals surface area contributed by atoms with E-state index in [4.69, 9.17) is 9.26 Å². The molecule has 3 aliphatic heterocycles. The van der Waals surface area contributed by atoms with Crippen LogP contribution in [-0.2, 0) is 23.7 Å². The lowest BCUT2D eigenvalue weighted by molar-refractivity contribution is -0.148. The van der Waals surface area contributed by atoms with E-state index in [1.54, 1.807) is 53.6 Å². The smallest absolute Gasteiger partial charge is 0.355 e. The van der Waals surface area contributed by atoms with Crippen LogP contribution in [0.2, 0.25) is 0 Å². The molecule has 4 fully saturated rings. The molecule has 15 heteroatoms. The predicted octanol–water partition coefficient (Wildman–Crippen LogP) is 8.05. The number of amides is 3. The third-order valence-electron chi connectivity index (χ3n) is 12.3. The highest BCUT2D eigenvalue weighted by molar-refractivity contribution is 7.57. The predicted molar refractivity (Wildman–Crippen MR) is 223 cm³/mol. The molecule has 12 nitrogen and oxygen atoms in total. The number of likely N-dealkylation sites (tertiary alicyclic amines) is 1. The maximum absolute atomic E-state index is 16.5. The molecule has 1 aliphatic carbocycles. The van der Waals surface area contributed by atoms with Crippen LogP contribution in [0.25, 0.3) is 10.1 Å². The van der Waals surface area contributed by atoms with Gasteiger partial charge in [-0.1, -0.05) is 50.1 Å². The molecule has 2 N–H and O–H groups in total. The molecule has 3 saturated heterocycles. The lowest BCUT2D eigenvalue weighted by Gasteiger charge is -2.37. The zero-order chi connectivity index (χ0) is 41.3. The van der Waals surface area contributed by atoms with Gasteiger partial charge in [0, 0.05) is 41.1 Å². The van der Waals surface area contributed by atoms with Gasteiger partial charge in [-0.15, -0.1) is 11.3 Å². The largest absolute Gasteiger partial charge is 0.465 e. The number of pyridine rings is 1. The second kappa shape index (κ2) is 17.1. The molecule has 7 atom stereocenters. The van der Waals surface area contributed by atoms with E-state index in [0.29, 0.717) is 40.8 Å². The molecule has 0 radical (unpaired) electrons. The number of nitrogens with one attached hydrogen (secondary N) is 2. The van der Waals surface area contributed by atoms with Crippen LogP contribution in [0.1, 0.15) is 111 Å². The Morgan fingerprint density at radius 1 is 1.03 bits per heavy atom. The van der Waals surface area contributed by atoms with Crippen LogP contribution in [0.4, 0.5) is 4.39 Å². The molecule has 4 aliphatic rings. The first kappa shape index (κ1) is 41.1. The maximum Gasteiger partial charge on any atom is 0.355 e. The molecule has 1 spiro atoms. The summed E-state index contributed by atoms with van der Waals surface area (Å²) in [7, 11) is -4.44. The van der Waals surface area contributed by atoms with E-state index in [2.05, 4.69) is 26.4 Å². The van der Waals surface area contributed by atoms with Gasteiger partial charge in [-0.2, -0.15) is 0 Å². The van der Waals surface area contributed by atoms with E-state index in [1.807, 2.05) is 19.2 Å². The first-order valence-corrected chi connectivity index (χ1v) is 23.3. The summed E-state index contributed by atoms with van der Waals surface area (Å²) in [5.74, 6) is -3.13. The van der Waals surface area contributed by atoms with Crippen molar-refractivity contribution in [3.05, 3.63) is 95.1 Å². The topological polar surface area (TPSA) is 147 Å². The van der Waals surface area contributed by atoms with Crippen molar-refractivity contribution in [2.24, 2.45) is 0 Å². The Morgan fingerprint density at radius 3 is 2.58 bits per heavy atom. The first-order valence-electron chi connectivity index (χ1n) is 20.8. The number of hydrogen-bond acceptors (Lipinski definition) is 9. The monoisotopic (exact) mass is 843 g/mol. The van der Waals surface area contributed by atoms with Gasteiger partial charge in [0.25, 0.3) is 5.91 Å². The molecule has 3 amide bonds. The van der Waals surface area contributed by atoms with Gasteiger partial charge >= 0.3 is 13.5 Å². The number of hydrogen-bond donors (Lipinski definition) is 2. The molecular weight excluding hydrogens is 793 g/mol. The second-order valence-corrected chi connectivity index (χ2v) is 19.6. The lowest BCUT2D eigenvalue weighted by Crippen LogP contribution is -2.57. The van der Waals surface area contributed by atoms with Crippen LogP contribution >= 0.6 is 18.9 Å².